The van der Waals surface area contributed by atoms with Gasteiger partial charge < -0.3 is 14.6 Å². The highest BCUT2D eigenvalue weighted by Gasteiger charge is 2.68. The monoisotopic (exact) mass is 446 g/mol. The van der Waals surface area contributed by atoms with E-state index >= 15 is 0 Å². The van der Waals surface area contributed by atoms with E-state index in [0.29, 0.717) is 25.7 Å². The third kappa shape index (κ3) is 3.17. The molecule has 0 aromatic rings. The molecular weight excluding hydrogens is 424 g/mol. The molecule has 0 amide bonds. The lowest BCUT2D eigenvalue weighted by Crippen LogP contribution is -2.66. The van der Waals surface area contributed by atoms with Gasteiger partial charge in [0.15, 0.2) is 0 Å². The molecule has 0 aromatic heterocycles. The van der Waals surface area contributed by atoms with Gasteiger partial charge in [-0.1, -0.05) is 0 Å². The molecule has 4 nitrogen and oxygen atoms in total. The molecule has 4 rings (SSSR count). The molecule has 4 aliphatic rings. The predicted molar refractivity (Wildman–Crippen MR) is 87.4 cm³/mol. The van der Waals surface area contributed by atoms with Crippen molar-refractivity contribution in [2.75, 3.05) is 13.9 Å². The first-order valence-electron chi connectivity index (χ1n) is 8.77. The number of hydrogen-bond acceptors (Lipinski definition) is 3. The van der Waals surface area contributed by atoms with Crippen LogP contribution in [0.4, 0.5) is 17.6 Å². The second-order valence-electron chi connectivity index (χ2n) is 8.15. The Kier molecular flexibility index (Phi) is 5.15. The van der Waals surface area contributed by atoms with Crippen molar-refractivity contribution in [3.8, 4) is 0 Å². The van der Waals surface area contributed by atoms with E-state index in [4.69, 9.17) is 9.47 Å². The van der Waals surface area contributed by atoms with E-state index in [0.717, 1.165) is 6.42 Å². The average Bonchev–Trinajstić information content (AvgIpc) is 2.50. The van der Waals surface area contributed by atoms with E-state index in [1.807, 2.05) is 0 Å². The van der Waals surface area contributed by atoms with E-state index in [1.54, 1.807) is 15.9 Å². The van der Waals surface area contributed by atoms with Gasteiger partial charge in [-0.05, 0) is 66.3 Å². The standard InChI is InChI=1S/C17H23BrF4O4/c1-25-9-26-15-7-10-4-11(8-15)6-14(5-10,13(23)24)12(15)2-3-16(19,20)17(18,21)22/h10-12H,2-9H2,1H3,(H,23,24). The first-order chi connectivity index (χ1) is 12.0. The van der Waals surface area contributed by atoms with Crippen molar-refractivity contribution in [2.45, 2.75) is 61.3 Å². The van der Waals surface area contributed by atoms with E-state index in [1.165, 1.54) is 7.11 Å². The summed E-state index contributed by atoms with van der Waals surface area (Å²) in [5, 5.41) is 9.95. The Labute approximate surface area is 157 Å². The third-order valence-corrected chi connectivity index (χ3v) is 7.17. The molecule has 0 saturated heterocycles. The zero-order valence-corrected chi connectivity index (χ0v) is 16.0. The molecule has 4 saturated carbocycles. The first-order valence-corrected chi connectivity index (χ1v) is 9.56. The van der Waals surface area contributed by atoms with Crippen LogP contribution >= 0.6 is 15.9 Å². The molecule has 0 spiro atoms. The van der Waals surface area contributed by atoms with Gasteiger partial charge in [-0.2, -0.15) is 17.6 Å². The molecule has 0 radical (unpaired) electrons. The largest absolute Gasteiger partial charge is 0.481 e. The molecule has 26 heavy (non-hydrogen) atoms. The van der Waals surface area contributed by atoms with Crippen LogP contribution in [0, 0.1) is 23.2 Å². The van der Waals surface area contributed by atoms with Crippen molar-refractivity contribution < 1.29 is 36.9 Å². The number of aliphatic carboxylic acids is 1. The summed E-state index contributed by atoms with van der Waals surface area (Å²) < 4.78 is 64.9. The van der Waals surface area contributed by atoms with Crippen LogP contribution in [0.15, 0.2) is 0 Å². The SMILES string of the molecule is COCOC12CC3CC(C1)CC(C(=O)O)(C3)C2CCC(F)(F)C(F)(F)Br. The fraction of sp³-hybridized carbons (Fsp3) is 0.941. The summed E-state index contributed by atoms with van der Waals surface area (Å²) in [5.74, 6) is -5.72. The van der Waals surface area contributed by atoms with Crippen LogP contribution in [0.2, 0.25) is 0 Å². The maximum Gasteiger partial charge on any atom is 0.363 e. The maximum atomic E-state index is 13.8. The van der Waals surface area contributed by atoms with Crippen LogP contribution < -0.4 is 0 Å². The quantitative estimate of drug-likeness (QED) is 0.334. The summed E-state index contributed by atoms with van der Waals surface area (Å²) in [5.41, 5.74) is -2.08. The van der Waals surface area contributed by atoms with Crippen LogP contribution in [0.1, 0.15) is 44.9 Å². The minimum Gasteiger partial charge on any atom is -0.481 e. The number of methoxy groups -OCH3 is 1. The van der Waals surface area contributed by atoms with Gasteiger partial charge in [0.05, 0.1) is 11.0 Å². The van der Waals surface area contributed by atoms with E-state index in [2.05, 4.69) is 0 Å². The van der Waals surface area contributed by atoms with Crippen LogP contribution in [0.5, 0.6) is 0 Å². The van der Waals surface area contributed by atoms with Gasteiger partial charge in [0.2, 0.25) is 0 Å². The lowest BCUT2D eigenvalue weighted by molar-refractivity contribution is -0.267. The van der Waals surface area contributed by atoms with Crippen LogP contribution in [0.3, 0.4) is 0 Å². The van der Waals surface area contributed by atoms with Crippen molar-refractivity contribution in [3.05, 3.63) is 0 Å². The van der Waals surface area contributed by atoms with Crippen molar-refractivity contribution >= 4 is 21.9 Å². The molecule has 1 N–H and O–H groups in total. The molecule has 0 aromatic carbocycles. The summed E-state index contributed by atoms with van der Waals surface area (Å²) in [7, 11) is 1.43. The summed E-state index contributed by atoms with van der Waals surface area (Å²) in [4.78, 5) is 7.84. The summed E-state index contributed by atoms with van der Waals surface area (Å²) in [6.45, 7) is -0.0728. The van der Waals surface area contributed by atoms with Gasteiger partial charge in [-0.3, -0.25) is 4.79 Å². The second kappa shape index (κ2) is 6.58. The summed E-state index contributed by atoms with van der Waals surface area (Å²) in [6, 6.07) is 0. The van der Waals surface area contributed by atoms with E-state index in [9.17, 15) is 27.5 Å². The zero-order chi connectivity index (χ0) is 19.4. The molecule has 9 heteroatoms. The number of carbonyl (C=O) groups is 1. The Bertz CT molecular complexity index is 551. The number of ether oxygens (including phenoxy) is 2. The minimum atomic E-state index is -4.33. The molecule has 0 aliphatic heterocycles. The molecule has 4 fully saturated rings. The molecule has 150 valence electrons. The van der Waals surface area contributed by atoms with Gasteiger partial charge >= 0.3 is 16.7 Å². The molecule has 4 aliphatic carbocycles. The predicted octanol–water partition coefficient (Wildman–Crippen LogP) is 4.66. The van der Waals surface area contributed by atoms with Crippen molar-refractivity contribution in [1.82, 2.24) is 0 Å². The van der Waals surface area contributed by atoms with Crippen molar-refractivity contribution in [1.29, 1.82) is 0 Å². The molecule has 0 heterocycles. The van der Waals surface area contributed by atoms with Crippen LogP contribution in [0.25, 0.3) is 0 Å². The van der Waals surface area contributed by atoms with E-state index in [-0.39, 0.29) is 25.0 Å². The number of hydrogen-bond donors (Lipinski definition) is 1. The Balaban J connectivity index is 1.91. The smallest absolute Gasteiger partial charge is 0.363 e. The normalized spacial score (nSPS) is 39.4. The number of alkyl halides is 5. The van der Waals surface area contributed by atoms with Gasteiger partial charge in [0, 0.05) is 19.4 Å². The lowest BCUT2D eigenvalue weighted by Gasteiger charge is -2.64. The summed E-state index contributed by atoms with van der Waals surface area (Å²) in [6.07, 6.45) is 1.43. The molecule has 3 atom stereocenters. The molecule has 4 bridgehead atoms. The van der Waals surface area contributed by atoms with Gasteiger partial charge in [0.25, 0.3) is 0 Å². The van der Waals surface area contributed by atoms with Crippen LogP contribution in [-0.4, -0.2) is 41.3 Å². The van der Waals surface area contributed by atoms with Gasteiger partial charge in [-0.15, -0.1) is 0 Å². The number of carboxylic acids is 1. The highest BCUT2D eigenvalue weighted by atomic mass is 79.9. The topological polar surface area (TPSA) is 55.8 Å². The van der Waals surface area contributed by atoms with Crippen LogP contribution in [-0.2, 0) is 14.3 Å². The fourth-order valence-electron chi connectivity index (χ4n) is 5.92. The Morgan fingerprint density at radius 3 is 2.23 bits per heavy atom. The second-order valence-corrected chi connectivity index (χ2v) is 9.15. The van der Waals surface area contributed by atoms with Gasteiger partial charge in [0.1, 0.15) is 6.79 Å². The average molecular weight is 447 g/mol. The number of carboxylic acid groups (broad SMARTS) is 1. The Morgan fingerprint density at radius 1 is 1.19 bits per heavy atom. The fourth-order valence-corrected chi connectivity index (χ4v) is 6.12. The Morgan fingerprint density at radius 2 is 1.77 bits per heavy atom. The Hall–Kier alpha value is -0.410. The third-order valence-electron chi connectivity index (χ3n) is 6.59. The van der Waals surface area contributed by atoms with Gasteiger partial charge in [-0.25, -0.2) is 0 Å². The molecular formula is C17H23BrF4O4. The number of halogens is 5. The first kappa shape index (κ1) is 20.3. The highest BCUT2D eigenvalue weighted by Crippen LogP contribution is 2.67. The van der Waals surface area contributed by atoms with E-state index < -0.39 is 40.1 Å². The maximum absolute atomic E-state index is 13.8. The summed E-state index contributed by atoms with van der Waals surface area (Å²) >= 11 is 1.75. The van der Waals surface area contributed by atoms with Crippen molar-refractivity contribution in [3.63, 3.8) is 0 Å². The lowest BCUT2D eigenvalue weighted by atomic mass is 9.42. The highest BCUT2D eigenvalue weighted by molar-refractivity contribution is 9.10. The van der Waals surface area contributed by atoms with Crippen molar-refractivity contribution in [2.24, 2.45) is 23.2 Å². The minimum absolute atomic E-state index is 0.0728. The number of rotatable bonds is 8. The zero-order valence-electron chi connectivity index (χ0n) is 14.5. The molecule has 3 unspecified atom stereocenters.